The van der Waals surface area contributed by atoms with Crippen molar-refractivity contribution >= 4 is 21.9 Å². The van der Waals surface area contributed by atoms with Gasteiger partial charge in [-0.25, -0.2) is 0 Å². The van der Waals surface area contributed by atoms with Gasteiger partial charge in [0.25, 0.3) is 10.1 Å². The minimum absolute atomic E-state index is 0.0381. The largest absolute Gasteiger partial charge is 0.468 e. The van der Waals surface area contributed by atoms with Crippen LogP contribution >= 0.6 is 0 Å². The van der Waals surface area contributed by atoms with Crippen molar-refractivity contribution in [2.24, 2.45) is 5.41 Å². The zero-order valence-electron chi connectivity index (χ0n) is 12.4. The number of benzene rings is 1. The highest BCUT2D eigenvalue weighted by atomic mass is 32.2. The van der Waals surface area contributed by atoms with E-state index in [2.05, 4.69) is 4.74 Å². The SMILES string of the molecule is COC(=O)C(C)(COS(=O)(=O)c1ccc(C)cc1)C(C)=O. The van der Waals surface area contributed by atoms with Gasteiger partial charge in [0.1, 0.15) is 11.2 Å². The van der Waals surface area contributed by atoms with Gasteiger partial charge in [-0.05, 0) is 32.9 Å². The Morgan fingerprint density at radius 3 is 2.14 bits per heavy atom. The third-order valence-electron chi connectivity index (χ3n) is 3.23. The second kappa shape index (κ2) is 6.36. The van der Waals surface area contributed by atoms with E-state index in [4.69, 9.17) is 4.18 Å². The van der Waals surface area contributed by atoms with Crippen LogP contribution in [0.1, 0.15) is 19.4 Å². The standard InChI is InChI=1S/C14H18O6S/c1-10-5-7-12(8-6-10)21(17,18)20-9-14(3,11(2)15)13(16)19-4/h5-8H,9H2,1-4H3. The number of carbonyl (C=O) groups is 2. The van der Waals surface area contributed by atoms with Gasteiger partial charge in [0.05, 0.1) is 18.6 Å². The van der Waals surface area contributed by atoms with Crippen molar-refractivity contribution in [2.75, 3.05) is 13.7 Å². The molecule has 0 aliphatic carbocycles. The number of methoxy groups -OCH3 is 1. The molecule has 0 radical (unpaired) electrons. The lowest BCUT2D eigenvalue weighted by Gasteiger charge is -2.22. The van der Waals surface area contributed by atoms with Gasteiger partial charge in [-0.2, -0.15) is 8.42 Å². The fourth-order valence-corrected chi connectivity index (χ4v) is 2.49. The van der Waals surface area contributed by atoms with E-state index in [0.29, 0.717) is 0 Å². The van der Waals surface area contributed by atoms with E-state index >= 15 is 0 Å². The fourth-order valence-electron chi connectivity index (χ4n) is 1.50. The van der Waals surface area contributed by atoms with E-state index in [1.807, 2.05) is 6.92 Å². The number of hydrogen-bond acceptors (Lipinski definition) is 6. The maximum absolute atomic E-state index is 12.0. The van der Waals surface area contributed by atoms with Gasteiger partial charge in [0.2, 0.25) is 0 Å². The molecular formula is C14H18O6S. The molecule has 1 rings (SSSR count). The van der Waals surface area contributed by atoms with E-state index in [1.54, 1.807) is 12.1 Å². The van der Waals surface area contributed by atoms with Crippen LogP contribution in [0, 0.1) is 12.3 Å². The predicted octanol–water partition coefficient (Wildman–Crippen LogP) is 1.47. The summed E-state index contributed by atoms with van der Waals surface area (Å²) in [5.74, 6) is -1.37. The van der Waals surface area contributed by atoms with Gasteiger partial charge in [0, 0.05) is 0 Å². The quantitative estimate of drug-likeness (QED) is 0.449. The lowest BCUT2D eigenvalue weighted by atomic mass is 9.88. The van der Waals surface area contributed by atoms with Gasteiger partial charge in [0.15, 0.2) is 0 Å². The number of esters is 1. The Morgan fingerprint density at radius 2 is 1.71 bits per heavy atom. The lowest BCUT2D eigenvalue weighted by Crippen LogP contribution is -2.41. The molecule has 116 valence electrons. The average molecular weight is 314 g/mol. The Bertz CT molecular complexity index is 632. The van der Waals surface area contributed by atoms with Crippen molar-refractivity contribution < 1.29 is 26.9 Å². The van der Waals surface area contributed by atoms with Crippen molar-refractivity contribution in [1.82, 2.24) is 0 Å². The van der Waals surface area contributed by atoms with Gasteiger partial charge >= 0.3 is 5.97 Å². The van der Waals surface area contributed by atoms with Crippen LogP contribution in [0.15, 0.2) is 29.2 Å². The molecule has 0 heterocycles. The van der Waals surface area contributed by atoms with Gasteiger partial charge in [-0.3, -0.25) is 13.8 Å². The van der Waals surface area contributed by atoms with Crippen molar-refractivity contribution in [1.29, 1.82) is 0 Å². The Morgan fingerprint density at radius 1 is 1.19 bits per heavy atom. The smallest absolute Gasteiger partial charge is 0.321 e. The topological polar surface area (TPSA) is 86.7 Å². The Hall–Kier alpha value is -1.73. The van der Waals surface area contributed by atoms with Crippen molar-refractivity contribution in [3.63, 3.8) is 0 Å². The summed E-state index contributed by atoms with van der Waals surface area (Å²) in [6, 6.07) is 6.04. The highest BCUT2D eigenvalue weighted by Gasteiger charge is 2.41. The number of Topliss-reactive ketones (excluding diaryl/α,β-unsaturated/α-hetero) is 1. The summed E-state index contributed by atoms with van der Waals surface area (Å²) in [6.45, 7) is 3.68. The first-order valence-corrected chi connectivity index (χ1v) is 7.60. The highest BCUT2D eigenvalue weighted by Crippen LogP contribution is 2.23. The molecule has 1 aromatic rings. The Labute approximate surface area is 124 Å². The Kier molecular flexibility index (Phi) is 5.25. The molecule has 0 spiro atoms. The lowest BCUT2D eigenvalue weighted by molar-refractivity contribution is -0.158. The molecule has 6 nitrogen and oxygen atoms in total. The molecule has 0 N–H and O–H groups in total. The van der Waals surface area contributed by atoms with E-state index < -0.39 is 33.9 Å². The number of ketones is 1. The van der Waals surface area contributed by atoms with Gasteiger partial charge in [-0.1, -0.05) is 17.7 Å². The molecule has 7 heteroatoms. The molecule has 0 aromatic heterocycles. The Balaban J connectivity index is 2.97. The summed E-state index contributed by atoms with van der Waals surface area (Å²) in [6.07, 6.45) is 0. The first kappa shape index (κ1) is 17.3. The maximum Gasteiger partial charge on any atom is 0.321 e. The van der Waals surface area contributed by atoms with Gasteiger partial charge < -0.3 is 4.74 Å². The molecule has 0 saturated heterocycles. The normalized spacial score (nSPS) is 14.3. The molecule has 1 aromatic carbocycles. The molecule has 0 aliphatic heterocycles. The highest BCUT2D eigenvalue weighted by molar-refractivity contribution is 7.86. The van der Waals surface area contributed by atoms with Crippen LogP contribution in [0.4, 0.5) is 0 Å². The minimum Gasteiger partial charge on any atom is -0.468 e. The number of ether oxygens (including phenoxy) is 1. The molecule has 0 amide bonds. The fraction of sp³-hybridized carbons (Fsp3) is 0.429. The second-order valence-corrected chi connectivity index (χ2v) is 6.52. The first-order chi connectivity index (χ1) is 9.63. The molecule has 0 fully saturated rings. The summed E-state index contributed by atoms with van der Waals surface area (Å²) in [4.78, 5) is 23.2. The number of hydrogen-bond donors (Lipinski definition) is 0. The zero-order chi connectivity index (χ0) is 16.3. The molecule has 0 aliphatic rings. The molecule has 21 heavy (non-hydrogen) atoms. The first-order valence-electron chi connectivity index (χ1n) is 6.19. The molecule has 0 bridgehead atoms. The summed E-state index contributed by atoms with van der Waals surface area (Å²) < 4.78 is 33.5. The van der Waals surface area contributed by atoms with Crippen LogP contribution in [0.5, 0.6) is 0 Å². The van der Waals surface area contributed by atoms with E-state index in [1.165, 1.54) is 26.0 Å². The van der Waals surface area contributed by atoms with Crippen LogP contribution in [0.2, 0.25) is 0 Å². The van der Waals surface area contributed by atoms with Crippen molar-refractivity contribution in [2.45, 2.75) is 25.7 Å². The minimum atomic E-state index is -4.05. The predicted molar refractivity (Wildman–Crippen MR) is 75.1 cm³/mol. The molecule has 1 atom stereocenters. The average Bonchev–Trinajstić information content (AvgIpc) is 2.44. The van der Waals surface area contributed by atoms with Crippen molar-refractivity contribution in [3.8, 4) is 0 Å². The number of aryl methyl sites for hydroxylation is 1. The summed E-state index contributed by atoms with van der Waals surface area (Å²) in [7, 11) is -2.92. The molecule has 1 unspecified atom stereocenters. The van der Waals surface area contributed by atoms with Gasteiger partial charge in [-0.15, -0.1) is 0 Å². The molecule has 0 saturated carbocycles. The third-order valence-corrected chi connectivity index (χ3v) is 4.50. The second-order valence-electron chi connectivity index (χ2n) is 4.91. The van der Waals surface area contributed by atoms with Crippen LogP contribution in [0.3, 0.4) is 0 Å². The summed E-state index contributed by atoms with van der Waals surface area (Å²) in [5, 5.41) is 0. The van der Waals surface area contributed by atoms with E-state index in [0.717, 1.165) is 12.7 Å². The van der Waals surface area contributed by atoms with E-state index in [9.17, 15) is 18.0 Å². The van der Waals surface area contributed by atoms with Crippen LogP contribution in [0.25, 0.3) is 0 Å². The molecular weight excluding hydrogens is 296 g/mol. The number of carbonyl (C=O) groups excluding carboxylic acids is 2. The number of rotatable bonds is 6. The maximum atomic E-state index is 12.0. The van der Waals surface area contributed by atoms with Crippen LogP contribution in [-0.4, -0.2) is 33.9 Å². The monoisotopic (exact) mass is 314 g/mol. The zero-order valence-corrected chi connectivity index (χ0v) is 13.2. The van der Waals surface area contributed by atoms with E-state index in [-0.39, 0.29) is 4.90 Å². The van der Waals surface area contributed by atoms with Crippen LogP contribution < -0.4 is 0 Å². The van der Waals surface area contributed by atoms with Crippen molar-refractivity contribution in [3.05, 3.63) is 29.8 Å². The summed E-state index contributed by atoms with van der Waals surface area (Å²) >= 11 is 0. The van der Waals surface area contributed by atoms with Crippen LogP contribution in [-0.2, 0) is 28.6 Å². The summed E-state index contributed by atoms with van der Waals surface area (Å²) in [5.41, 5.74) is -0.760. The third kappa shape index (κ3) is 3.89.